The minimum absolute atomic E-state index is 0.0859. The highest BCUT2D eigenvalue weighted by atomic mass is 19.1. The van der Waals surface area contributed by atoms with Crippen LogP contribution < -0.4 is 4.74 Å². The third kappa shape index (κ3) is 3.83. The topological polar surface area (TPSA) is 32.8 Å². The largest absolute Gasteiger partial charge is 0.494 e. The zero-order valence-electron chi connectivity index (χ0n) is 15.6. The summed E-state index contributed by atoms with van der Waals surface area (Å²) < 4.78 is 18.8. The molecule has 0 spiro atoms. The van der Waals surface area contributed by atoms with E-state index in [2.05, 4.69) is 17.0 Å². The van der Waals surface area contributed by atoms with Gasteiger partial charge in [-0.25, -0.2) is 4.39 Å². The van der Waals surface area contributed by atoms with E-state index in [9.17, 15) is 9.18 Å². The molecule has 0 radical (unpaired) electrons. The lowest BCUT2D eigenvalue weighted by Gasteiger charge is -2.46. The average Bonchev–Trinajstić information content (AvgIpc) is 2.69. The fraction of sp³-hybridized carbons (Fsp3) is 0.409. The van der Waals surface area contributed by atoms with Crippen molar-refractivity contribution in [1.29, 1.82) is 0 Å². The number of likely N-dealkylation sites (tertiary alicyclic amines) is 2. The molecule has 2 fully saturated rings. The van der Waals surface area contributed by atoms with E-state index in [-0.39, 0.29) is 23.5 Å². The summed E-state index contributed by atoms with van der Waals surface area (Å²) in [5.74, 6) is 0.671. The van der Waals surface area contributed by atoms with Gasteiger partial charge in [0.2, 0.25) is 5.91 Å². The molecule has 2 saturated heterocycles. The number of benzene rings is 2. The van der Waals surface area contributed by atoms with Gasteiger partial charge in [-0.1, -0.05) is 36.4 Å². The standard InChI is InChI=1S/C22H25FN2O2/c1-27-21-12-17(7-8-19(21)23)14-24-10-9-18-11-20(24)22(26)25(15-18)13-16-5-3-2-4-6-16/h2-8,12,18,20H,9-11,13-15H2,1H3/t18-,20+/m0/s1. The summed E-state index contributed by atoms with van der Waals surface area (Å²) in [7, 11) is 1.47. The zero-order chi connectivity index (χ0) is 18.8. The molecule has 0 N–H and O–H groups in total. The second-order valence-corrected chi connectivity index (χ2v) is 7.55. The number of ether oxygens (including phenoxy) is 1. The van der Waals surface area contributed by atoms with E-state index in [1.165, 1.54) is 18.7 Å². The molecule has 2 aromatic carbocycles. The summed E-state index contributed by atoms with van der Waals surface area (Å²) in [6.07, 6.45) is 2.01. The van der Waals surface area contributed by atoms with Gasteiger partial charge in [0, 0.05) is 19.6 Å². The molecule has 2 aromatic rings. The predicted molar refractivity (Wildman–Crippen MR) is 102 cm³/mol. The second kappa shape index (κ2) is 7.69. The lowest BCUT2D eigenvalue weighted by Crippen LogP contribution is -2.58. The van der Waals surface area contributed by atoms with Gasteiger partial charge >= 0.3 is 0 Å². The molecule has 1 amide bonds. The van der Waals surface area contributed by atoms with Gasteiger partial charge in [0.15, 0.2) is 11.6 Å². The number of halogens is 1. The van der Waals surface area contributed by atoms with Crippen molar-refractivity contribution in [1.82, 2.24) is 9.80 Å². The monoisotopic (exact) mass is 368 g/mol. The summed E-state index contributed by atoms with van der Waals surface area (Å²) >= 11 is 0. The Morgan fingerprint density at radius 3 is 2.70 bits per heavy atom. The summed E-state index contributed by atoms with van der Waals surface area (Å²) in [5, 5.41) is 0. The van der Waals surface area contributed by atoms with Crippen LogP contribution in [0.3, 0.4) is 0 Å². The van der Waals surface area contributed by atoms with Crippen LogP contribution in [-0.4, -0.2) is 41.9 Å². The van der Waals surface area contributed by atoms with E-state index in [1.54, 1.807) is 12.1 Å². The van der Waals surface area contributed by atoms with Crippen LogP contribution in [0.25, 0.3) is 0 Å². The molecule has 0 aromatic heterocycles. The maximum atomic E-state index is 13.7. The smallest absolute Gasteiger partial charge is 0.240 e. The molecule has 142 valence electrons. The number of carbonyl (C=O) groups is 1. The van der Waals surface area contributed by atoms with Crippen molar-refractivity contribution in [2.45, 2.75) is 32.0 Å². The maximum absolute atomic E-state index is 13.7. The van der Waals surface area contributed by atoms with Crippen molar-refractivity contribution in [3.8, 4) is 5.75 Å². The highest BCUT2D eigenvalue weighted by molar-refractivity contribution is 5.83. The normalized spacial score (nSPS) is 22.7. The van der Waals surface area contributed by atoms with E-state index in [0.29, 0.717) is 19.0 Å². The summed E-state index contributed by atoms with van der Waals surface area (Å²) in [6.45, 7) is 3.06. The third-order valence-electron chi connectivity index (χ3n) is 5.71. The van der Waals surface area contributed by atoms with Crippen molar-refractivity contribution >= 4 is 5.91 Å². The number of hydrogen-bond donors (Lipinski definition) is 0. The molecule has 27 heavy (non-hydrogen) atoms. The van der Waals surface area contributed by atoms with Gasteiger partial charge in [-0.3, -0.25) is 9.69 Å². The van der Waals surface area contributed by atoms with Gasteiger partial charge in [0.25, 0.3) is 0 Å². The summed E-state index contributed by atoms with van der Waals surface area (Å²) in [4.78, 5) is 17.4. The SMILES string of the molecule is COc1cc(CN2CC[C@H]3C[C@@H]2C(=O)N(Cc2ccccc2)C3)ccc1F. The third-order valence-corrected chi connectivity index (χ3v) is 5.71. The van der Waals surface area contributed by atoms with E-state index in [0.717, 1.165) is 31.5 Å². The van der Waals surface area contributed by atoms with Crippen molar-refractivity contribution < 1.29 is 13.9 Å². The second-order valence-electron chi connectivity index (χ2n) is 7.55. The Bertz CT molecular complexity index is 811. The average molecular weight is 368 g/mol. The molecule has 0 unspecified atom stereocenters. The number of piperidine rings is 2. The van der Waals surface area contributed by atoms with Crippen molar-refractivity contribution in [3.05, 3.63) is 65.5 Å². The Morgan fingerprint density at radius 1 is 1.11 bits per heavy atom. The first-order chi connectivity index (χ1) is 13.1. The molecule has 2 aliphatic rings. The molecule has 2 atom stereocenters. The van der Waals surface area contributed by atoms with E-state index >= 15 is 0 Å². The number of rotatable bonds is 5. The van der Waals surface area contributed by atoms with Crippen LogP contribution in [0.2, 0.25) is 0 Å². The lowest BCUT2D eigenvalue weighted by atomic mass is 9.85. The van der Waals surface area contributed by atoms with Crippen LogP contribution in [0.4, 0.5) is 4.39 Å². The number of amides is 1. The predicted octanol–water partition coefficient (Wildman–Crippen LogP) is 3.46. The van der Waals surface area contributed by atoms with E-state index in [1.807, 2.05) is 23.1 Å². The molecule has 0 aliphatic carbocycles. The van der Waals surface area contributed by atoms with Gasteiger partial charge < -0.3 is 9.64 Å². The molecule has 2 aliphatic heterocycles. The van der Waals surface area contributed by atoms with Crippen LogP contribution in [0.15, 0.2) is 48.5 Å². The fourth-order valence-electron chi connectivity index (χ4n) is 4.29. The number of fused-ring (bicyclic) bond motifs is 2. The van der Waals surface area contributed by atoms with Crippen molar-refractivity contribution in [2.24, 2.45) is 5.92 Å². The Labute approximate surface area is 159 Å². The van der Waals surface area contributed by atoms with E-state index in [4.69, 9.17) is 4.74 Å². The van der Waals surface area contributed by atoms with Gasteiger partial charge in [0.1, 0.15) is 0 Å². The highest BCUT2D eigenvalue weighted by Crippen LogP contribution is 2.32. The van der Waals surface area contributed by atoms with Gasteiger partial charge in [-0.2, -0.15) is 0 Å². The molecule has 2 bridgehead atoms. The van der Waals surface area contributed by atoms with Crippen LogP contribution in [0, 0.1) is 11.7 Å². The first-order valence-electron chi connectivity index (χ1n) is 9.53. The lowest BCUT2D eigenvalue weighted by molar-refractivity contribution is -0.146. The molecular formula is C22H25FN2O2. The van der Waals surface area contributed by atoms with Gasteiger partial charge in [-0.15, -0.1) is 0 Å². The molecule has 4 rings (SSSR count). The molecule has 0 saturated carbocycles. The number of hydrogen-bond acceptors (Lipinski definition) is 3. The van der Waals surface area contributed by atoms with Crippen LogP contribution in [0.1, 0.15) is 24.0 Å². The molecular weight excluding hydrogens is 343 g/mol. The van der Waals surface area contributed by atoms with E-state index < -0.39 is 0 Å². The van der Waals surface area contributed by atoms with Crippen LogP contribution in [-0.2, 0) is 17.9 Å². The Hall–Kier alpha value is -2.40. The van der Waals surface area contributed by atoms with Crippen LogP contribution >= 0.6 is 0 Å². The fourth-order valence-corrected chi connectivity index (χ4v) is 4.29. The van der Waals surface area contributed by atoms with Gasteiger partial charge in [-0.05, 0) is 48.6 Å². The van der Waals surface area contributed by atoms with Crippen LogP contribution in [0.5, 0.6) is 5.75 Å². The molecule has 2 heterocycles. The first kappa shape index (κ1) is 18.0. The summed E-state index contributed by atoms with van der Waals surface area (Å²) in [5.41, 5.74) is 2.14. The Kier molecular flexibility index (Phi) is 5.12. The van der Waals surface area contributed by atoms with Crippen molar-refractivity contribution in [3.63, 3.8) is 0 Å². The minimum Gasteiger partial charge on any atom is -0.494 e. The minimum atomic E-state index is -0.359. The highest BCUT2D eigenvalue weighted by Gasteiger charge is 2.41. The zero-order valence-corrected chi connectivity index (χ0v) is 15.6. The Morgan fingerprint density at radius 2 is 1.93 bits per heavy atom. The molecule has 5 heteroatoms. The first-order valence-corrected chi connectivity index (χ1v) is 9.53. The number of nitrogens with zero attached hydrogens (tertiary/aromatic N) is 2. The summed E-state index contributed by atoms with van der Waals surface area (Å²) in [6, 6.07) is 15.0. The molecule has 4 nitrogen and oxygen atoms in total. The number of methoxy groups -OCH3 is 1. The Balaban J connectivity index is 1.49. The maximum Gasteiger partial charge on any atom is 0.240 e. The quantitative estimate of drug-likeness (QED) is 0.810. The number of carbonyl (C=O) groups excluding carboxylic acids is 1. The van der Waals surface area contributed by atoms with Crippen molar-refractivity contribution in [2.75, 3.05) is 20.2 Å². The van der Waals surface area contributed by atoms with Gasteiger partial charge in [0.05, 0.1) is 13.2 Å².